The highest BCUT2D eigenvalue weighted by Gasteiger charge is 2.30. The number of hydrogen-bond donors (Lipinski definition) is 4. The van der Waals surface area contributed by atoms with Crippen LogP contribution in [0.1, 0.15) is 11.1 Å². The summed E-state index contributed by atoms with van der Waals surface area (Å²) in [4.78, 5) is 28.5. The third-order valence-corrected chi connectivity index (χ3v) is 4.45. The van der Waals surface area contributed by atoms with Crippen LogP contribution in [0.15, 0.2) is 58.5 Å². The molecule has 4 N–H and O–H groups in total. The second-order valence-corrected chi connectivity index (χ2v) is 6.74. The van der Waals surface area contributed by atoms with E-state index in [0.717, 1.165) is 12.4 Å². The molecule has 0 aromatic heterocycles. The molecule has 0 heterocycles. The van der Waals surface area contributed by atoms with Crippen LogP contribution in [0.25, 0.3) is 0 Å². The Morgan fingerprint density at radius 3 is 1.41 bits per heavy atom. The summed E-state index contributed by atoms with van der Waals surface area (Å²) in [7, 11) is 0. The first-order valence-corrected chi connectivity index (χ1v) is 9.41. The van der Waals surface area contributed by atoms with Gasteiger partial charge >= 0.3 is 0 Å². The highest BCUT2D eigenvalue weighted by Crippen LogP contribution is 2.16. The van der Waals surface area contributed by atoms with E-state index < -0.39 is 47.4 Å². The lowest BCUT2D eigenvalue weighted by molar-refractivity contribution is -0.385. The molecule has 12 nitrogen and oxygen atoms in total. The summed E-state index contributed by atoms with van der Waals surface area (Å²) in [6.45, 7) is -0.785. The first-order valence-electron chi connectivity index (χ1n) is 9.41. The molecule has 0 radical (unpaired) electrons. The Kier molecular flexibility index (Phi) is 9.04. The van der Waals surface area contributed by atoms with Crippen LogP contribution < -0.4 is 0 Å². The number of nitrogens with zero attached hydrogens (tertiary/aromatic N) is 4. The first kappa shape index (κ1) is 24.7. The van der Waals surface area contributed by atoms with E-state index in [4.69, 9.17) is 0 Å². The summed E-state index contributed by atoms with van der Waals surface area (Å²) in [5, 5.41) is 62.1. The molecule has 2 rings (SSSR count). The van der Waals surface area contributed by atoms with E-state index in [1.54, 1.807) is 12.1 Å². The molecule has 0 spiro atoms. The number of nitro benzene ring substituents is 2. The molecule has 170 valence electrons. The van der Waals surface area contributed by atoms with Crippen molar-refractivity contribution < 1.29 is 30.3 Å². The Morgan fingerprint density at radius 1 is 0.719 bits per heavy atom. The molecule has 0 saturated heterocycles. The van der Waals surface area contributed by atoms with Crippen LogP contribution in [0.5, 0.6) is 0 Å². The van der Waals surface area contributed by atoms with Gasteiger partial charge in [0.05, 0.1) is 34.1 Å². The summed E-state index contributed by atoms with van der Waals surface area (Å²) in [5.74, 6) is 0. The minimum Gasteiger partial charge on any atom is -0.388 e. The average Bonchev–Trinajstić information content (AvgIpc) is 2.78. The Labute approximate surface area is 182 Å². The summed E-state index contributed by atoms with van der Waals surface area (Å²) >= 11 is 0. The fourth-order valence-electron chi connectivity index (χ4n) is 2.72. The smallest absolute Gasteiger partial charge is 0.278 e. The summed E-state index contributed by atoms with van der Waals surface area (Å²) < 4.78 is 0. The Morgan fingerprint density at radius 2 is 1.06 bits per heavy atom. The molecule has 0 aliphatic carbocycles. The lowest BCUT2D eigenvalue weighted by Crippen LogP contribution is -2.46. The van der Waals surface area contributed by atoms with Gasteiger partial charge in [-0.15, -0.1) is 0 Å². The molecule has 2 aromatic rings. The largest absolute Gasteiger partial charge is 0.388 e. The monoisotopic (exact) mass is 446 g/mol. The van der Waals surface area contributed by atoms with Gasteiger partial charge in [-0.2, -0.15) is 0 Å². The van der Waals surface area contributed by atoms with Crippen molar-refractivity contribution in [3.63, 3.8) is 0 Å². The number of aliphatic imine (C=N–C) groups is 2. The van der Waals surface area contributed by atoms with E-state index in [9.17, 15) is 40.7 Å². The number of aliphatic hydroxyl groups excluding tert-OH is 4. The molecule has 0 aliphatic rings. The molecular formula is C20H22N4O8. The Bertz CT molecular complexity index is 918. The van der Waals surface area contributed by atoms with Crippen molar-refractivity contribution in [1.29, 1.82) is 0 Å². The molecule has 0 aliphatic heterocycles. The van der Waals surface area contributed by atoms with E-state index in [0.29, 0.717) is 0 Å². The molecule has 0 fully saturated rings. The number of aliphatic hydroxyl groups is 4. The van der Waals surface area contributed by atoms with Crippen LogP contribution in [-0.2, 0) is 0 Å². The van der Waals surface area contributed by atoms with E-state index in [-0.39, 0.29) is 22.5 Å². The third-order valence-electron chi connectivity index (χ3n) is 4.45. The van der Waals surface area contributed by atoms with Crippen LogP contribution in [0.3, 0.4) is 0 Å². The maximum atomic E-state index is 11.0. The van der Waals surface area contributed by atoms with E-state index in [2.05, 4.69) is 9.98 Å². The lowest BCUT2D eigenvalue weighted by Gasteiger charge is -2.24. The fourth-order valence-corrected chi connectivity index (χ4v) is 2.72. The van der Waals surface area contributed by atoms with Crippen molar-refractivity contribution >= 4 is 23.8 Å². The number of nitro groups is 2. The minimum absolute atomic E-state index is 0.182. The molecule has 2 aromatic carbocycles. The van der Waals surface area contributed by atoms with Crippen molar-refractivity contribution in [2.24, 2.45) is 9.98 Å². The average molecular weight is 446 g/mol. The topological polar surface area (TPSA) is 192 Å². The van der Waals surface area contributed by atoms with Gasteiger partial charge in [0.15, 0.2) is 0 Å². The van der Waals surface area contributed by atoms with Gasteiger partial charge in [-0.25, -0.2) is 0 Å². The maximum absolute atomic E-state index is 11.0. The predicted octanol–water partition coefficient (Wildman–Crippen LogP) is 0.485. The normalized spacial score (nSPS) is 15.5. The number of rotatable bonds is 11. The molecule has 0 bridgehead atoms. The maximum Gasteiger partial charge on any atom is 0.278 e. The van der Waals surface area contributed by atoms with Gasteiger partial charge in [0.1, 0.15) is 24.4 Å². The number of benzene rings is 2. The zero-order chi connectivity index (χ0) is 23.7. The van der Waals surface area contributed by atoms with Crippen molar-refractivity contribution in [2.75, 3.05) is 13.1 Å². The lowest BCUT2D eigenvalue weighted by atomic mass is 10.0. The van der Waals surface area contributed by atoms with E-state index >= 15 is 0 Å². The molecule has 32 heavy (non-hydrogen) atoms. The van der Waals surface area contributed by atoms with Gasteiger partial charge < -0.3 is 20.4 Å². The highest BCUT2D eigenvalue weighted by molar-refractivity contribution is 5.85. The summed E-state index contributed by atoms with van der Waals surface area (Å²) in [6, 6.07) is 11.6. The zero-order valence-corrected chi connectivity index (χ0v) is 16.7. The molecule has 0 amide bonds. The van der Waals surface area contributed by atoms with Crippen LogP contribution in [0.4, 0.5) is 11.4 Å². The molecular weight excluding hydrogens is 424 g/mol. The van der Waals surface area contributed by atoms with Crippen LogP contribution in [0, 0.1) is 20.2 Å². The van der Waals surface area contributed by atoms with Gasteiger partial charge in [-0.1, -0.05) is 24.3 Å². The van der Waals surface area contributed by atoms with Gasteiger partial charge in [0.2, 0.25) is 0 Å². The molecule has 0 saturated carbocycles. The van der Waals surface area contributed by atoms with Crippen molar-refractivity contribution in [3.8, 4) is 0 Å². The third kappa shape index (κ3) is 6.72. The van der Waals surface area contributed by atoms with E-state index in [1.165, 1.54) is 36.4 Å². The first-order chi connectivity index (χ1) is 15.2. The quantitative estimate of drug-likeness (QED) is 0.217. The second-order valence-electron chi connectivity index (χ2n) is 6.74. The van der Waals surface area contributed by atoms with E-state index in [1.807, 2.05) is 0 Å². The molecule has 0 unspecified atom stereocenters. The summed E-state index contributed by atoms with van der Waals surface area (Å²) in [5.41, 5.74) is 0.0322. The Balaban J connectivity index is 1.93. The minimum atomic E-state index is -1.78. The van der Waals surface area contributed by atoms with Gasteiger partial charge in [-0.05, 0) is 12.1 Å². The van der Waals surface area contributed by atoms with Crippen molar-refractivity contribution in [3.05, 3.63) is 79.9 Å². The molecule has 4 atom stereocenters. The number of para-hydroxylation sites is 2. The molecule has 12 heteroatoms. The predicted molar refractivity (Wildman–Crippen MR) is 115 cm³/mol. The second kappa shape index (κ2) is 11.7. The zero-order valence-electron chi connectivity index (χ0n) is 16.7. The van der Waals surface area contributed by atoms with Gasteiger partial charge in [0.25, 0.3) is 11.4 Å². The van der Waals surface area contributed by atoms with Gasteiger partial charge in [0, 0.05) is 24.6 Å². The van der Waals surface area contributed by atoms with Crippen molar-refractivity contribution in [1.82, 2.24) is 0 Å². The van der Waals surface area contributed by atoms with Crippen LogP contribution in [-0.4, -0.2) is 80.2 Å². The van der Waals surface area contributed by atoms with Gasteiger partial charge in [-0.3, -0.25) is 30.2 Å². The highest BCUT2D eigenvalue weighted by atomic mass is 16.6. The SMILES string of the molecule is O=[N+]([O-])c1ccccc1C=NC[C@@H](O)[C@@H](O)[C@H](O)[C@H](O)CN=Cc1ccccc1[N+](=O)[O-]. The standard InChI is InChI=1S/C20H22N4O8/c25-17(11-21-9-13-5-1-3-7-15(13)23(29)30)19(27)20(28)18(26)12-22-10-14-6-2-4-8-16(14)24(31)32/h1-10,17-20,25-28H,11-12H2/t17-,18-,19-,20-/m1/s1. The van der Waals surface area contributed by atoms with Crippen LogP contribution in [0.2, 0.25) is 0 Å². The van der Waals surface area contributed by atoms with Crippen molar-refractivity contribution in [2.45, 2.75) is 24.4 Å². The summed E-state index contributed by atoms with van der Waals surface area (Å²) in [6.07, 6.45) is -4.39. The fraction of sp³-hybridized carbons (Fsp3) is 0.300. The van der Waals surface area contributed by atoms with Crippen LogP contribution >= 0.6 is 0 Å². The number of hydrogen-bond acceptors (Lipinski definition) is 10. The Hall–Kier alpha value is -3.58.